The second kappa shape index (κ2) is 4.84. The maximum atomic E-state index is 13.0. The second-order valence-corrected chi connectivity index (χ2v) is 4.37. The quantitative estimate of drug-likeness (QED) is 0.887. The minimum atomic E-state index is -2.80. The molecule has 0 aliphatic rings. The summed E-state index contributed by atoms with van der Waals surface area (Å²) < 4.78 is 38.8. The SMILES string of the molecule is CC(CF)(c1cc(-c2ccc[nH]2)ccn1)C(F)F. The summed E-state index contributed by atoms with van der Waals surface area (Å²) in [7, 11) is 0. The van der Waals surface area contributed by atoms with Crippen LogP contribution in [0.4, 0.5) is 13.2 Å². The van der Waals surface area contributed by atoms with Crippen LogP contribution >= 0.6 is 0 Å². The zero-order valence-corrected chi connectivity index (χ0v) is 9.83. The molecule has 0 radical (unpaired) electrons. The van der Waals surface area contributed by atoms with Crippen LogP contribution in [0.25, 0.3) is 11.3 Å². The summed E-state index contributed by atoms with van der Waals surface area (Å²) in [6, 6.07) is 6.81. The van der Waals surface area contributed by atoms with Gasteiger partial charge < -0.3 is 4.98 Å². The number of hydrogen-bond donors (Lipinski definition) is 1. The van der Waals surface area contributed by atoms with E-state index in [9.17, 15) is 13.2 Å². The summed E-state index contributed by atoms with van der Waals surface area (Å²) in [6.07, 6.45) is 0.354. The summed E-state index contributed by atoms with van der Waals surface area (Å²) in [5, 5.41) is 0. The van der Waals surface area contributed by atoms with Gasteiger partial charge in [0, 0.05) is 23.7 Å². The van der Waals surface area contributed by atoms with E-state index in [0.29, 0.717) is 5.56 Å². The monoisotopic (exact) mass is 254 g/mol. The molecule has 1 atom stereocenters. The second-order valence-electron chi connectivity index (χ2n) is 4.37. The van der Waals surface area contributed by atoms with Gasteiger partial charge in [-0.05, 0) is 31.2 Å². The number of nitrogens with one attached hydrogen (secondary N) is 1. The first kappa shape index (κ1) is 12.7. The number of H-pyrrole nitrogens is 1. The summed E-state index contributed by atoms with van der Waals surface area (Å²) in [6.45, 7) is 0.0321. The summed E-state index contributed by atoms with van der Waals surface area (Å²) in [5.74, 6) is 0. The summed E-state index contributed by atoms with van der Waals surface area (Å²) in [4.78, 5) is 6.85. The third-order valence-electron chi connectivity index (χ3n) is 3.01. The highest BCUT2D eigenvalue weighted by molar-refractivity contribution is 5.59. The van der Waals surface area contributed by atoms with E-state index in [1.807, 2.05) is 6.07 Å². The lowest BCUT2D eigenvalue weighted by atomic mass is 9.87. The van der Waals surface area contributed by atoms with Crippen molar-refractivity contribution in [2.24, 2.45) is 0 Å². The molecule has 0 bridgehead atoms. The maximum absolute atomic E-state index is 13.0. The first-order chi connectivity index (χ1) is 8.58. The molecule has 0 saturated carbocycles. The van der Waals surface area contributed by atoms with Crippen LogP contribution in [0.15, 0.2) is 36.7 Å². The highest BCUT2D eigenvalue weighted by atomic mass is 19.3. The first-order valence-corrected chi connectivity index (χ1v) is 5.52. The van der Waals surface area contributed by atoms with Crippen LogP contribution in [0, 0.1) is 0 Å². The Morgan fingerprint density at radius 2 is 2.17 bits per heavy atom. The number of aromatic nitrogens is 2. The van der Waals surface area contributed by atoms with Gasteiger partial charge in [0.25, 0.3) is 6.43 Å². The van der Waals surface area contributed by atoms with Gasteiger partial charge in [0.1, 0.15) is 6.67 Å². The Morgan fingerprint density at radius 1 is 1.39 bits per heavy atom. The zero-order chi connectivity index (χ0) is 13.2. The summed E-state index contributed by atoms with van der Waals surface area (Å²) >= 11 is 0. The van der Waals surface area contributed by atoms with Gasteiger partial charge in [0.15, 0.2) is 0 Å². The number of nitrogens with zero attached hydrogens (tertiary/aromatic N) is 1. The Bertz CT molecular complexity index is 511. The molecule has 0 aromatic carbocycles. The predicted molar refractivity (Wildman–Crippen MR) is 63.4 cm³/mol. The molecule has 2 aromatic rings. The van der Waals surface area contributed by atoms with Crippen molar-refractivity contribution in [2.45, 2.75) is 18.8 Å². The van der Waals surface area contributed by atoms with E-state index in [1.54, 1.807) is 18.3 Å². The van der Waals surface area contributed by atoms with E-state index >= 15 is 0 Å². The van der Waals surface area contributed by atoms with Crippen LogP contribution in [0.3, 0.4) is 0 Å². The molecule has 0 amide bonds. The molecule has 0 aliphatic carbocycles. The van der Waals surface area contributed by atoms with Crippen molar-refractivity contribution in [3.63, 3.8) is 0 Å². The van der Waals surface area contributed by atoms with E-state index in [-0.39, 0.29) is 5.69 Å². The van der Waals surface area contributed by atoms with Crippen molar-refractivity contribution in [1.29, 1.82) is 0 Å². The Balaban J connectivity index is 2.44. The Labute approximate surface area is 103 Å². The molecule has 0 fully saturated rings. The van der Waals surface area contributed by atoms with Crippen molar-refractivity contribution >= 4 is 0 Å². The van der Waals surface area contributed by atoms with Gasteiger partial charge in [0.05, 0.1) is 11.1 Å². The van der Waals surface area contributed by atoms with Gasteiger partial charge in [-0.1, -0.05) is 0 Å². The molecule has 1 N–H and O–H groups in total. The van der Waals surface area contributed by atoms with E-state index in [0.717, 1.165) is 5.69 Å². The van der Waals surface area contributed by atoms with Crippen LogP contribution in [-0.2, 0) is 5.41 Å². The van der Waals surface area contributed by atoms with Crippen molar-refractivity contribution in [3.8, 4) is 11.3 Å². The van der Waals surface area contributed by atoms with E-state index in [1.165, 1.54) is 19.2 Å². The Hall–Kier alpha value is -1.78. The third kappa shape index (κ3) is 2.12. The smallest absolute Gasteiger partial charge is 0.251 e. The van der Waals surface area contributed by atoms with E-state index in [4.69, 9.17) is 0 Å². The van der Waals surface area contributed by atoms with Crippen LogP contribution in [0.2, 0.25) is 0 Å². The molecule has 2 nitrogen and oxygen atoms in total. The lowest BCUT2D eigenvalue weighted by molar-refractivity contribution is 0.0415. The number of aromatic amines is 1. The minimum absolute atomic E-state index is 0.0621. The number of halogens is 3. The Kier molecular flexibility index (Phi) is 3.41. The lowest BCUT2D eigenvalue weighted by Gasteiger charge is -2.24. The fraction of sp³-hybridized carbons (Fsp3) is 0.308. The van der Waals surface area contributed by atoms with Gasteiger partial charge in [-0.3, -0.25) is 4.98 Å². The lowest BCUT2D eigenvalue weighted by Crippen LogP contribution is -2.34. The number of rotatable bonds is 4. The van der Waals surface area contributed by atoms with Gasteiger partial charge >= 0.3 is 0 Å². The summed E-state index contributed by atoms with van der Waals surface area (Å²) in [5.41, 5.74) is -0.297. The van der Waals surface area contributed by atoms with Crippen LogP contribution < -0.4 is 0 Å². The van der Waals surface area contributed by atoms with Crippen molar-refractivity contribution in [3.05, 3.63) is 42.4 Å². The average molecular weight is 254 g/mol. The van der Waals surface area contributed by atoms with E-state index in [2.05, 4.69) is 9.97 Å². The third-order valence-corrected chi connectivity index (χ3v) is 3.01. The molecule has 0 saturated heterocycles. The molecule has 96 valence electrons. The minimum Gasteiger partial charge on any atom is -0.361 e. The van der Waals surface area contributed by atoms with Crippen molar-refractivity contribution < 1.29 is 13.2 Å². The molecular formula is C13H13F3N2. The van der Waals surface area contributed by atoms with Crippen LogP contribution in [0.1, 0.15) is 12.6 Å². The molecule has 2 heterocycles. The molecule has 0 aliphatic heterocycles. The normalized spacial score (nSPS) is 14.7. The fourth-order valence-electron chi connectivity index (χ4n) is 1.66. The topological polar surface area (TPSA) is 28.7 Å². The predicted octanol–water partition coefficient (Wildman–Crippen LogP) is 3.57. The average Bonchev–Trinajstić information content (AvgIpc) is 2.91. The molecule has 2 rings (SSSR count). The fourth-order valence-corrected chi connectivity index (χ4v) is 1.66. The molecule has 5 heteroatoms. The largest absolute Gasteiger partial charge is 0.361 e. The number of hydrogen-bond acceptors (Lipinski definition) is 1. The van der Waals surface area contributed by atoms with Crippen molar-refractivity contribution in [1.82, 2.24) is 9.97 Å². The van der Waals surface area contributed by atoms with E-state index < -0.39 is 18.5 Å². The molecular weight excluding hydrogens is 241 g/mol. The molecule has 18 heavy (non-hydrogen) atoms. The van der Waals surface area contributed by atoms with Gasteiger partial charge in [0.2, 0.25) is 0 Å². The highest BCUT2D eigenvalue weighted by Crippen LogP contribution is 2.31. The zero-order valence-electron chi connectivity index (χ0n) is 9.83. The number of pyridine rings is 1. The maximum Gasteiger partial charge on any atom is 0.251 e. The first-order valence-electron chi connectivity index (χ1n) is 5.52. The van der Waals surface area contributed by atoms with Gasteiger partial charge in [-0.2, -0.15) is 0 Å². The van der Waals surface area contributed by atoms with Gasteiger partial charge in [-0.15, -0.1) is 0 Å². The van der Waals surface area contributed by atoms with Gasteiger partial charge in [-0.25, -0.2) is 13.2 Å². The van der Waals surface area contributed by atoms with Crippen LogP contribution in [-0.4, -0.2) is 23.1 Å². The Morgan fingerprint density at radius 3 is 2.72 bits per heavy atom. The van der Waals surface area contributed by atoms with Crippen LogP contribution in [0.5, 0.6) is 0 Å². The molecule has 2 aromatic heterocycles. The van der Waals surface area contributed by atoms with Crippen molar-refractivity contribution in [2.75, 3.05) is 6.67 Å². The highest BCUT2D eigenvalue weighted by Gasteiger charge is 2.38. The molecule has 0 spiro atoms. The number of alkyl halides is 3. The standard InChI is InChI=1S/C13H13F3N2/c1-13(8-14,12(15)16)11-7-9(4-6-18-11)10-3-2-5-17-10/h2-7,12,17H,8H2,1H3. The molecule has 1 unspecified atom stereocenters.